The van der Waals surface area contributed by atoms with Gasteiger partial charge in [-0.1, -0.05) is 23.7 Å². The van der Waals surface area contributed by atoms with Crippen LogP contribution in [0.5, 0.6) is 0 Å². The van der Waals surface area contributed by atoms with Gasteiger partial charge in [0, 0.05) is 50.7 Å². The maximum absolute atomic E-state index is 13.3. The Hall–Kier alpha value is -5.08. The van der Waals surface area contributed by atoms with Gasteiger partial charge >= 0.3 is 0 Å². The largest absolute Gasteiger partial charge is 0.366 e. The molecule has 0 saturated carbocycles. The van der Waals surface area contributed by atoms with Crippen molar-refractivity contribution in [2.75, 3.05) is 31.4 Å². The first-order valence-electron chi connectivity index (χ1n) is 12.7. The van der Waals surface area contributed by atoms with Crippen LogP contribution >= 0.6 is 11.6 Å². The van der Waals surface area contributed by atoms with Gasteiger partial charge in [0.05, 0.1) is 47.0 Å². The quantitative estimate of drug-likeness (QED) is 0.348. The van der Waals surface area contributed by atoms with Crippen molar-refractivity contribution in [1.29, 1.82) is 5.26 Å². The maximum atomic E-state index is 13.3. The first kappa shape index (κ1) is 27.5. The molecule has 12 heteroatoms. The smallest absolute Gasteiger partial charge is 0.273 e. The van der Waals surface area contributed by atoms with Crippen molar-refractivity contribution in [3.63, 3.8) is 0 Å². The maximum Gasteiger partial charge on any atom is 0.273 e. The summed E-state index contributed by atoms with van der Waals surface area (Å²) in [5, 5.41) is 23.0. The summed E-state index contributed by atoms with van der Waals surface area (Å²) in [6.45, 7) is 2.29. The highest BCUT2D eigenvalue weighted by molar-refractivity contribution is 6.29. The van der Waals surface area contributed by atoms with E-state index in [9.17, 15) is 9.59 Å². The SMILES string of the molecule is CNC(=O)c1nnc(Cl)cc1Nc1cccc2c1N(C)C(C)c1cc(C(=O)N(C)Cc3cc(C#N)ccn3)ncc1-2. The van der Waals surface area contributed by atoms with Crippen molar-refractivity contribution in [2.24, 2.45) is 0 Å². The summed E-state index contributed by atoms with van der Waals surface area (Å²) in [6.07, 6.45) is 3.28. The Morgan fingerprint density at radius 2 is 1.93 bits per heavy atom. The molecule has 4 heterocycles. The van der Waals surface area contributed by atoms with Gasteiger partial charge in [0.15, 0.2) is 10.8 Å². The molecule has 4 aromatic rings. The number of halogens is 1. The van der Waals surface area contributed by atoms with Crippen LogP contribution in [0.1, 0.15) is 50.8 Å². The fraction of sp³-hybridized carbons (Fsp3) is 0.207. The zero-order valence-electron chi connectivity index (χ0n) is 22.8. The molecule has 1 atom stereocenters. The van der Waals surface area contributed by atoms with Gasteiger partial charge in [-0.2, -0.15) is 5.26 Å². The Labute approximate surface area is 241 Å². The lowest BCUT2D eigenvalue weighted by atomic mass is 9.89. The average Bonchev–Trinajstić information content (AvgIpc) is 2.99. The van der Waals surface area contributed by atoms with Gasteiger partial charge in [-0.25, -0.2) is 0 Å². The molecule has 0 fully saturated rings. The molecule has 1 aromatic carbocycles. The molecule has 0 saturated heterocycles. The number of benzene rings is 1. The van der Waals surface area contributed by atoms with Crippen molar-refractivity contribution < 1.29 is 9.59 Å². The van der Waals surface area contributed by atoms with E-state index in [1.807, 2.05) is 31.3 Å². The molecule has 0 spiro atoms. The number of amides is 2. The number of fused-ring (bicyclic) bond motifs is 3. The number of nitrogens with one attached hydrogen (secondary N) is 2. The van der Waals surface area contributed by atoms with Crippen molar-refractivity contribution >= 4 is 40.5 Å². The van der Waals surface area contributed by atoms with Crippen LogP contribution in [0.3, 0.4) is 0 Å². The first-order valence-corrected chi connectivity index (χ1v) is 13.1. The number of anilines is 3. The van der Waals surface area contributed by atoms with Gasteiger partial charge in [-0.3, -0.25) is 19.6 Å². The van der Waals surface area contributed by atoms with Crippen LogP contribution in [0.25, 0.3) is 11.1 Å². The topological polar surface area (TPSA) is 140 Å². The number of carbonyl (C=O) groups excluding carboxylic acids is 2. The summed E-state index contributed by atoms with van der Waals surface area (Å²) in [4.78, 5) is 38.2. The van der Waals surface area contributed by atoms with Gasteiger partial charge in [0.2, 0.25) is 0 Å². The van der Waals surface area contributed by atoms with E-state index >= 15 is 0 Å². The molecule has 1 aliphatic rings. The Morgan fingerprint density at radius 3 is 2.68 bits per heavy atom. The summed E-state index contributed by atoms with van der Waals surface area (Å²) < 4.78 is 0. The van der Waals surface area contributed by atoms with E-state index in [0.29, 0.717) is 22.6 Å². The molecule has 0 radical (unpaired) electrons. The predicted molar refractivity (Wildman–Crippen MR) is 155 cm³/mol. The second kappa shape index (κ2) is 11.2. The zero-order chi connectivity index (χ0) is 29.3. The van der Waals surface area contributed by atoms with Crippen LogP contribution in [0.15, 0.2) is 54.9 Å². The van der Waals surface area contributed by atoms with Gasteiger partial charge in [-0.15, -0.1) is 10.2 Å². The lowest BCUT2D eigenvalue weighted by molar-refractivity contribution is 0.0777. The molecule has 0 bridgehead atoms. The van der Waals surface area contributed by atoms with Crippen molar-refractivity contribution in [1.82, 2.24) is 30.4 Å². The van der Waals surface area contributed by atoms with Crippen LogP contribution in [-0.2, 0) is 6.54 Å². The summed E-state index contributed by atoms with van der Waals surface area (Å²) in [5.74, 6) is -0.648. The van der Waals surface area contributed by atoms with Crippen LogP contribution in [0.4, 0.5) is 17.1 Å². The fourth-order valence-electron chi connectivity index (χ4n) is 4.84. The summed E-state index contributed by atoms with van der Waals surface area (Å²) in [7, 11) is 5.17. The van der Waals surface area contributed by atoms with Crippen molar-refractivity contribution in [2.45, 2.75) is 19.5 Å². The standard InChI is InChI=1S/C29H26ClN9O2/c1-16-20-11-24(29(41)38(3)15-18-10-17(13-31)8-9-33-18)34-14-21(20)19-6-5-7-22(27(19)39(16)4)35-23-12-25(30)36-37-26(23)28(40)32-2/h5-12,14,16H,15H2,1-4H3,(H,32,40)(H,35,36). The lowest BCUT2D eigenvalue weighted by Crippen LogP contribution is -2.30. The molecule has 1 unspecified atom stereocenters. The number of aromatic nitrogens is 4. The average molecular weight is 568 g/mol. The summed E-state index contributed by atoms with van der Waals surface area (Å²) >= 11 is 6.10. The van der Waals surface area contributed by atoms with Gasteiger partial charge < -0.3 is 20.4 Å². The third-order valence-corrected chi connectivity index (χ3v) is 7.22. The third-order valence-electron chi connectivity index (χ3n) is 7.03. The van der Waals surface area contributed by atoms with E-state index in [-0.39, 0.29) is 29.3 Å². The summed E-state index contributed by atoms with van der Waals surface area (Å²) in [5.41, 5.74) is 6.35. The number of hydrogen-bond acceptors (Lipinski definition) is 9. The first-order chi connectivity index (χ1) is 19.7. The molecule has 206 valence electrons. The highest BCUT2D eigenvalue weighted by Crippen LogP contribution is 2.48. The highest BCUT2D eigenvalue weighted by atomic mass is 35.5. The Kier molecular flexibility index (Phi) is 7.50. The molecular weight excluding hydrogens is 542 g/mol. The lowest BCUT2D eigenvalue weighted by Gasteiger charge is -2.37. The van der Waals surface area contributed by atoms with Crippen LogP contribution in [0.2, 0.25) is 5.15 Å². The summed E-state index contributed by atoms with van der Waals surface area (Å²) in [6, 6.07) is 14.5. The van der Waals surface area contributed by atoms with Crippen molar-refractivity contribution in [3.05, 3.63) is 88.2 Å². The van der Waals surface area contributed by atoms with Gasteiger partial charge in [0.1, 0.15) is 5.69 Å². The molecule has 11 nitrogen and oxygen atoms in total. The fourth-order valence-corrected chi connectivity index (χ4v) is 4.99. The number of carbonyl (C=O) groups is 2. The molecule has 41 heavy (non-hydrogen) atoms. The Bertz CT molecular complexity index is 1720. The molecule has 5 rings (SSSR count). The predicted octanol–water partition coefficient (Wildman–Crippen LogP) is 4.34. The second-order valence-corrected chi connectivity index (χ2v) is 9.98. The molecule has 1 aliphatic heterocycles. The van der Waals surface area contributed by atoms with Crippen LogP contribution in [0, 0.1) is 11.3 Å². The minimum absolute atomic E-state index is 0.105. The number of nitrogens with zero attached hydrogens (tertiary/aromatic N) is 7. The highest BCUT2D eigenvalue weighted by Gasteiger charge is 2.30. The van der Waals surface area contributed by atoms with Gasteiger partial charge in [0.25, 0.3) is 11.8 Å². The number of pyridine rings is 2. The monoisotopic (exact) mass is 567 g/mol. The van der Waals surface area contributed by atoms with Crippen molar-refractivity contribution in [3.8, 4) is 17.2 Å². The van der Waals surface area contributed by atoms with E-state index in [4.69, 9.17) is 16.9 Å². The zero-order valence-corrected chi connectivity index (χ0v) is 23.6. The minimum Gasteiger partial charge on any atom is -0.366 e. The normalized spacial score (nSPS) is 13.5. The molecule has 0 aliphatic carbocycles. The van der Waals surface area contributed by atoms with Crippen LogP contribution in [-0.4, -0.2) is 58.0 Å². The van der Waals surface area contributed by atoms with E-state index in [2.05, 4.69) is 48.7 Å². The van der Waals surface area contributed by atoms with Crippen LogP contribution < -0.4 is 15.5 Å². The number of para-hydroxylation sites is 1. The third kappa shape index (κ3) is 5.25. The van der Waals surface area contributed by atoms with E-state index in [1.54, 1.807) is 37.6 Å². The number of nitriles is 1. The molecule has 3 aromatic heterocycles. The van der Waals surface area contributed by atoms with Gasteiger partial charge in [-0.05, 0) is 36.8 Å². The Balaban J connectivity index is 1.48. The number of rotatable bonds is 6. The van der Waals surface area contributed by atoms with E-state index in [0.717, 1.165) is 28.1 Å². The molecule has 2 N–H and O–H groups in total. The molecule has 2 amide bonds. The Morgan fingerprint density at radius 1 is 1.12 bits per heavy atom. The minimum atomic E-state index is -0.395. The second-order valence-electron chi connectivity index (χ2n) is 9.59. The molecular formula is C29H26ClN9O2. The van der Waals surface area contributed by atoms with E-state index in [1.165, 1.54) is 11.9 Å². The number of hydrogen-bond donors (Lipinski definition) is 2. The van der Waals surface area contributed by atoms with E-state index < -0.39 is 5.91 Å².